The molecule has 3 aromatic carbocycles. The van der Waals surface area contributed by atoms with Gasteiger partial charge in [-0.05, 0) is 63.1 Å². The Morgan fingerprint density at radius 2 is 1.10 bits per heavy atom. The molecule has 4 heteroatoms. The molecule has 156 valence electrons. The van der Waals surface area contributed by atoms with E-state index < -0.39 is 11.4 Å². The highest BCUT2D eigenvalue weighted by Crippen LogP contribution is 2.35. The maximum Gasteiger partial charge on any atom is 0.203 e. The summed E-state index contributed by atoms with van der Waals surface area (Å²) in [5.41, 5.74) is -0.450. The minimum Gasteiger partial charge on any atom is -0.491 e. The molecular weight excluding hydrogens is 376 g/mol. The Labute approximate surface area is 178 Å². The van der Waals surface area contributed by atoms with Crippen LogP contribution in [0.3, 0.4) is 0 Å². The molecule has 0 atom stereocenters. The quantitative estimate of drug-likeness (QED) is 0.512. The summed E-state index contributed by atoms with van der Waals surface area (Å²) < 4.78 is 11.4. The first-order valence-corrected chi connectivity index (χ1v) is 10.2. The van der Waals surface area contributed by atoms with E-state index in [9.17, 15) is 9.90 Å². The topological polar surface area (TPSA) is 55.8 Å². The number of aliphatic hydroxyl groups is 1. The lowest BCUT2D eigenvalue weighted by Gasteiger charge is -2.28. The van der Waals surface area contributed by atoms with Gasteiger partial charge in [-0.25, -0.2) is 0 Å². The Morgan fingerprint density at radius 3 is 1.47 bits per heavy atom. The van der Waals surface area contributed by atoms with Gasteiger partial charge in [-0.2, -0.15) is 0 Å². The number of Topliss-reactive ketones (excluding diaryl/α,β-unsaturated/α-hetero) is 1. The van der Waals surface area contributed by atoms with Crippen molar-refractivity contribution in [1.29, 1.82) is 0 Å². The molecule has 3 aromatic rings. The lowest BCUT2D eigenvalue weighted by Crippen LogP contribution is -2.37. The number of carbonyl (C=O) groups excluding carboxylic acids is 1. The van der Waals surface area contributed by atoms with Crippen molar-refractivity contribution in [3.63, 3.8) is 0 Å². The summed E-state index contributed by atoms with van der Waals surface area (Å²) >= 11 is 0. The summed E-state index contributed by atoms with van der Waals surface area (Å²) in [4.78, 5) is 13.5. The van der Waals surface area contributed by atoms with Crippen LogP contribution in [0.5, 0.6) is 11.5 Å². The van der Waals surface area contributed by atoms with Crippen LogP contribution in [-0.4, -0.2) is 23.1 Å². The average molecular weight is 405 g/mol. The summed E-state index contributed by atoms with van der Waals surface area (Å²) in [6, 6.07) is 22.8. The molecule has 0 unspecified atom stereocenters. The summed E-state index contributed by atoms with van der Waals surface area (Å²) in [5, 5.41) is 11.8. The molecule has 0 aliphatic carbocycles. The largest absolute Gasteiger partial charge is 0.491 e. The van der Waals surface area contributed by atoms with E-state index in [2.05, 4.69) is 0 Å². The maximum absolute atomic E-state index is 13.5. The Kier molecular flexibility index (Phi) is 6.58. The molecule has 0 radical (unpaired) electrons. The molecule has 0 heterocycles. The second kappa shape index (κ2) is 9.14. The molecule has 0 saturated carbocycles. The molecule has 0 spiro atoms. The fourth-order valence-electron chi connectivity index (χ4n) is 3.32. The Bertz CT molecular complexity index is 905. The van der Waals surface area contributed by atoms with Gasteiger partial charge in [0.2, 0.25) is 5.78 Å². The summed E-state index contributed by atoms with van der Waals surface area (Å²) in [5.74, 6) is 0.978. The molecule has 1 N–H and O–H groups in total. The van der Waals surface area contributed by atoms with Crippen LogP contribution in [0.25, 0.3) is 0 Å². The van der Waals surface area contributed by atoms with Crippen LogP contribution in [0, 0.1) is 0 Å². The predicted octanol–water partition coefficient (Wildman–Crippen LogP) is 5.38. The Morgan fingerprint density at radius 1 is 0.700 bits per heavy atom. The summed E-state index contributed by atoms with van der Waals surface area (Å²) in [7, 11) is 0. The Hall–Kier alpha value is -3.11. The normalized spacial score (nSPS) is 11.6. The highest BCUT2D eigenvalue weighted by Gasteiger charge is 2.40. The van der Waals surface area contributed by atoms with Gasteiger partial charge in [0.15, 0.2) is 5.60 Å². The summed E-state index contributed by atoms with van der Waals surface area (Å²) in [6.07, 6.45) is 0.0726. The fourth-order valence-corrected chi connectivity index (χ4v) is 3.32. The Balaban J connectivity index is 2.06. The third-order valence-electron chi connectivity index (χ3n) is 4.65. The third kappa shape index (κ3) is 4.71. The minimum absolute atomic E-state index is 0.0363. The van der Waals surface area contributed by atoms with E-state index in [4.69, 9.17) is 9.47 Å². The third-order valence-corrected chi connectivity index (χ3v) is 4.65. The van der Waals surface area contributed by atoms with E-state index in [-0.39, 0.29) is 12.2 Å². The number of benzene rings is 3. The first-order valence-electron chi connectivity index (χ1n) is 10.2. The minimum atomic E-state index is -1.84. The fraction of sp³-hybridized carbons (Fsp3) is 0.269. The van der Waals surface area contributed by atoms with Gasteiger partial charge in [-0.1, -0.05) is 54.6 Å². The highest BCUT2D eigenvalue weighted by atomic mass is 16.5. The molecule has 0 aliphatic rings. The zero-order valence-corrected chi connectivity index (χ0v) is 17.8. The number of ketones is 1. The van der Waals surface area contributed by atoms with Crippen LogP contribution in [0.2, 0.25) is 0 Å². The zero-order valence-electron chi connectivity index (χ0n) is 17.8. The molecule has 0 fully saturated rings. The first-order chi connectivity index (χ1) is 14.3. The molecule has 0 amide bonds. The summed E-state index contributed by atoms with van der Waals surface area (Å²) in [6.45, 7) is 7.79. The monoisotopic (exact) mass is 404 g/mol. The van der Waals surface area contributed by atoms with Crippen molar-refractivity contribution >= 4 is 5.78 Å². The highest BCUT2D eigenvalue weighted by molar-refractivity contribution is 6.05. The van der Waals surface area contributed by atoms with Crippen molar-refractivity contribution < 1.29 is 19.4 Å². The van der Waals surface area contributed by atoms with Crippen molar-refractivity contribution in [2.75, 3.05) is 0 Å². The van der Waals surface area contributed by atoms with Gasteiger partial charge >= 0.3 is 0 Å². The molecule has 4 nitrogen and oxygen atoms in total. The van der Waals surface area contributed by atoms with Crippen LogP contribution < -0.4 is 9.47 Å². The van der Waals surface area contributed by atoms with Crippen molar-refractivity contribution in [3.05, 3.63) is 95.6 Å². The van der Waals surface area contributed by atoms with Crippen molar-refractivity contribution in [1.82, 2.24) is 0 Å². The van der Waals surface area contributed by atoms with Crippen LogP contribution >= 0.6 is 0 Å². The SMILES string of the molecule is CC(C)Oc1ccc(C(O)(C(=O)c2ccccc2)c2ccc(OC(C)C)cc2)cc1. The van der Waals surface area contributed by atoms with Gasteiger partial charge in [0, 0.05) is 5.56 Å². The molecule has 30 heavy (non-hydrogen) atoms. The molecule has 0 aromatic heterocycles. The smallest absolute Gasteiger partial charge is 0.203 e. The number of hydrogen-bond acceptors (Lipinski definition) is 4. The molecule has 0 saturated heterocycles. The van der Waals surface area contributed by atoms with E-state index in [1.807, 2.05) is 33.8 Å². The van der Waals surface area contributed by atoms with Gasteiger partial charge in [-0.3, -0.25) is 4.79 Å². The van der Waals surface area contributed by atoms with Gasteiger partial charge in [-0.15, -0.1) is 0 Å². The van der Waals surface area contributed by atoms with Crippen LogP contribution in [0.15, 0.2) is 78.9 Å². The van der Waals surface area contributed by atoms with Gasteiger partial charge < -0.3 is 14.6 Å². The van der Waals surface area contributed by atoms with Crippen LogP contribution in [0.4, 0.5) is 0 Å². The van der Waals surface area contributed by atoms with Gasteiger partial charge in [0.1, 0.15) is 11.5 Å². The predicted molar refractivity (Wildman–Crippen MR) is 118 cm³/mol. The molecular formula is C26H28O4. The van der Waals surface area contributed by atoms with Crippen molar-refractivity contribution in [3.8, 4) is 11.5 Å². The van der Waals surface area contributed by atoms with Crippen LogP contribution in [0.1, 0.15) is 49.2 Å². The van der Waals surface area contributed by atoms with Gasteiger partial charge in [0.05, 0.1) is 12.2 Å². The number of hydrogen-bond donors (Lipinski definition) is 1. The zero-order chi connectivity index (χ0) is 21.7. The van der Waals surface area contributed by atoms with E-state index >= 15 is 0 Å². The van der Waals surface area contributed by atoms with E-state index in [1.165, 1.54) is 0 Å². The van der Waals surface area contributed by atoms with Crippen molar-refractivity contribution in [2.24, 2.45) is 0 Å². The first kappa shape index (κ1) is 21.6. The second-order valence-corrected chi connectivity index (χ2v) is 7.79. The molecule has 0 bridgehead atoms. The molecule has 3 rings (SSSR count). The standard InChI is InChI=1S/C26H28O4/c1-18(2)29-23-14-10-21(11-15-23)26(28,25(27)20-8-6-5-7-9-20)22-12-16-24(17-13-22)30-19(3)4/h5-19,28H,1-4H3. The van der Waals surface area contributed by atoms with Crippen LogP contribution in [-0.2, 0) is 5.60 Å². The average Bonchev–Trinajstić information content (AvgIpc) is 2.73. The van der Waals surface area contributed by atoms with Crippen molar-refractivity contribution in [2.45, 2.75) is 45.5 Å². The number of carbonyl (C=O) groups is 1. The lowest BCUT2D eigenvalue weighted by atomic mass is 9.80. The van der Waals surface area contributed by atoms with E-state index in [0.29, 0.717) is 28.2 Å². The molecule has 0 aliphatic heterocycles. The number of ether oxygens (including phenoxy) is 2. The van der Waals surface area contributed by atoms with Gasteiger partial charge in [0.25, 0.3) is 0 Å². The number of rotatable bonds is 8. The lowest BCUT2D eigenvalue weighted by molar-refractivity contribution is 0.0487. The second-order valence-electron chi connectivity index (χ2n) is 7.79. The van der Waals surface area contributed by atoms with E-state index in [0.717, 1.165) is 0 Å². The van der Waals surface area contributed by atoms with E-state index in [1.54, 1.807) is 72.8 Å². The maximum atomic E-state index is 13.5.